The first kappa shape index (κ1) is 27.9. The fraction of sp³-hybridized carbons (Fsp3) is 0.364. The van der Waals surface area contributed by atoms with Gasteiger partial charge >= 0.3 is 12.1 Å². The number of rotatable bonds is 7. The maximum atomic E-state index is 14.2. The van der Waals surface area contributed by atoms with Crippen LogP contribution in [0.1, 0.15) is 36.0 Å². The number of nitrogens with zero attached hydrogens (tertiary/aromatic N) is 2. The Hall–Kier alpha value is -4.21. The average Bonchev–Trinajstić information content (AvgIpc) is 3.55. The highest BCUT2D eigenvalue weighted by atomic mass is 16.5. The van der Waals surface area contributed by atoms with Gasteiger partial charge < -0.3 is 24.8 Å². The third kappa shape index (κ3) is 5.26. The molecule has 3 aliphatic rings. The van der Waals surface area contributed by atoms with E-state index in [2.05, 4.69) is 34.5 Å². The lowest BCUT2D eigenvalue weighted by atomic mass is 9.94. The average molecular weight is 570 g/mol. The van der Waals surface area contributed by atoms with Gasteiger partial charge in [-0.2, -0.15) is 0 Å². The molecule has 1 aliphatic carbocycles. The van der Waals surface area contributed by atoms with Gasteiger partial charge in [0.2, 0.25) is 0 Å². The predicted octanol–water partition coefficient (Wildman–Crippen LogP) is 3.87. The van der Waals surface area contributed by atoms with Crippen molar-refractivity contribution in [1.29, 1.82) is 0 Å². The van der Waals surface area contributed by atoms with Crippen molar-refractivity contribution >= 4 is 18.0 Å². The Morgan fingerprint density at radius 2 is 1.60 bits per heavy atom. The number of alkyl carbamates (subject to hydrolysis) is 1. The third-order valence-electron chi connectivity index (χ3n) is 8.70. The summed E-state index contributed by atoms with van der Waals surface area (Å²) in [6.45, 7) is 3.53. The van der Waals surface area contributed by atoms with E-state index in [4.69, 9.17) is 9.47 Å². The summed E-state index contributed by atoms with van der Waals surface area (Å²) in [7, 11) is 0. The van der Waals surface area contributed by atoms with E-state index < -0.39 is 35.7 Å². The van der Waals surface area contributed by atoms with Crippen molar-refractivity contribution in [3.05, 3.63) is 95.6 Å². The number of hydrogen-bond acceptors (Lipinski definition) is 6. The van der Waals surface area contributed by atoms with E-state index in [0.29, 0.717) is 19.5 Å². The van der Waals surface area contributed by atoms with E-state index >= 15 is 0 Å². The summed E-state index contributed by atoms with van der Waals surface area (Å²) >= 11 is 0. The number of ether oxygens (including phenoxy) is 2. The minimum Gasteiger partial charge on any atom is -0.480 e. The number of carbonyl (C=O) groups excluding carboxylic acids is 2. The predicted molar refractivity (Wildman–Crippen MR) is 156 cm³/mol. The van der Waals surface area contributed by atoms with Crippen LogP contribution in [0, 0.1) is 0 Å². The van der Waals surface area contributed by atoms with Crippen molar-refractivity contribution in [2.75, 3.05) is 32.8 Å². The highest BCUT2D eigenvalue weighted by molar-refractivity contribution is 5.94. The fourth-order valence-electron chi connectivity index (χ4n) is 6.68. The Kier molecular flexibility index (Phi) is 7.70. The van der Waals surface area contributed by atoms with Crippen LogP contribution in [-0.2, 0) is 25.6 Å². The number of morpholine rings is 1. The topological polar surface area (TPSA) is 108 Å². The van der Waals surface area contributed by atoms with Crippen LogP contribution in [0.3, 0.4) is 0 Å². The number of aliphatic carboxylic acids is 1. The van der Waals surface area contributed by atoms with Gasteiger partial charge in [0.15, 0.2) is 6.04 Å². The van der Waals surface area contributed by atoms with Gasteiger partial charge in [-0.1, -0.05) is 78.9 Å². The van der Waals surface area contributed by atoms with Crippen LogP contribution in [0.4, 0.5) is 4.79 Å². The quantitative estimate of drug-likeness (QED) is 0.445. The largest absolute Gasteiger partial charge is 0.480 e. The van der Waals surface area contributed by atoms with Gasteiger partial charge in [0, 0.05) is 32.1 Å². The molecule has 9 nitrogen and oxygen atoms in total. The highest BCUT2D eigenvalue weighted by Gasteiger charge is 2.52. The molecule has 3 unspecified atom stereocenters. The Labute approximate surface area is 245 Å². The van der Waals surface area contributed by atoms with Crippen molar-refractivity contribution in [3.63, 3.8) is 0 Å². The highest BCUT2D eigenvalue weighted by Crippen LogP contribution is 2.44. The van der Waals surface area contributed by atoms with Gasteiger partial charge in [0.1, 0.15) is 12.1 Å². The zero-order valence-electron chi connectivity index (χ0n) is 23.6. The summed E-state index contributed by atoms with van der Waals surface area (Å²) in [5, 5.41) is 12.9. The number of amides is 2. The number of carbonyl (C=O) groups is 3. The maximum absolute atomic E-state index is 14.2. The van der Waals surface area contributed by atoms with Crippen LogP contribution in [0.5, 0.6) is 0 Å². The summed E-state index contributed by atoms with van der Waals surface area (Å²) in [5.74, 6) is -1.68. The van der Waals surface area contributed by atoms with Gasteiger partial charge in [-0.25, -0.2) is 9.59 Å². The van der Waals surface area contributed by atoms with Crippen molar-refractivity contribution in [1.82, 2.24) is 15.1 Å². The van der Waals surface area contributed by atoms with Gasteiger partial charge in [0.25, 0.3) is 5.91 Å². The Morgan fingerprint density at radius 3 is 2.26 bits per heavy atom. The molecule has 0 aromatic heterocycles. The standard InChI is InChI=1S/C33H35N3O6/c1-22-29(30(37)38)36(17-18-41-22)31(39)33(15-16-35(21-33)19-23-9-3-2-4-10-23)34-32(40)42-20-28-26-13-7-5-11-24(26)25-12-6-8-14-27(25)28/h2-14,22,28-29H,15-21H2,1H3,(H,34,40)(H,37,38). The molecule has 218 valence electrons. The van der Waals surface area contributed by atoms with Gasteiger partial charge in [-0.3, -0.25) is 9.69 Å². The molecule has 9 heteroatoms. The Balaban J connectivity index is 1.22. The molecule has 0 radical (unpaired) electrons. The first-order chi connectivity index (χ1) is 20.4. The van der Waals surface area contributed by atoms with Crippen LogP contribution in [0.25, 0.3) is 11.1 Å². The minimum absolute atomic E-state index is 0.115. The first-order valence-corrected chi connectivity index (χ1v) is 14.4. The van der Waals surface area contributed by atoms with Crippen molar-refractivity contribution in [2.24, 2.45) is 0 Å². The van der Waals surface area contributed by atoms with Crippen molar-refractivity contribution in [3.8, 4) is 11.1 Å². The Morgan fingerprint density at radius 1 is 0.952 bits per heavy atom. The molecule has 3 atom stereocenters. The van der Waals surface area contributed by atoms with Gasteiger partial charge in [-0.15, -0.1) is 0 Å². The molecule has 2 saturated heterocycles. The molecule has 0 bridgehead atoms. The fourth-order valence-corrected chi connectivity index (χ4v) is 6.68. The summed E-state index contributed by atoms with van der Waals surface area (Å²) in [6, 6.07) is 25.0. The van der Waals surface area contributed by atoms with E-state index in [9.17, 15) is 19.5 Å². The molecular formula is C33H35N3O6. The van der Waals surface area contributed by atoms with E-state index in [1.165, 1.54) is 4.90 Å². The van der Waals surface area contributed by atoms with Crippen LogP contribution in [-0.4, -0.2) is 83.4 Å². The number of fused-ring (bicyclic) bond motifs is 3. The number of benzene rings is 3. The molecule has 2 heterocycles. The van der Waals surface area contributed by atoms with E-state index in [1.807, 2.05) is 54.6 Å². The molecule has 2 fully saturated rings. The van der Waals surface area contributed by atoms with Crippen LogP contribution < -0.4 is 5.32 Å². The molecule has 2 aliphatic heterocycles. The van der Waals surface area contributed by atoms with Crippen LogP contribution >= 0.6 is 0 Å². The van der Waals surface area contributed by atoms with E-state index in [1.54, 1.807) is 6.92 Å². The van der Waals surface area contributed by atoms with Crippen molar-refractivity contribution in [2.45, 2.75) is 43.5 Å². The summed E-state index contributed by atoms with van der Waals surface area (Å²) in [6.07, 6.45) is -1.03. The molecule has 0 saturated carbocycles. The number of carboxylic acid groups (broad SMARTS) is 1. The zero-order chi connectivity index (χ0) is 29.3. The summed E-state index contributed by atoms with van der Waals surface area (Å²) in [5.41, 5.74) is 4.20. The van der Waals surface area contributed by atoms with Gasteiger partial charge in [0.05, 0.1) is 12.7 Å². The number of hydrogen-bond donors (Lipinski definition) is 2. The second-order valence-electron chi connectivity index (χ2n) is 11.3. The van der Waals surface area contributed by atoms with Crippen molar-refractivity contribution < 1.29 is 29.0 Å². The van der Waals surface area contributed by atoms with Crippen LogP contribution in [0.2, 0.25) is 0 Å². The molecular weight excluding hydrogens is 534 g/mol. The number of carboxylic acids is 1. The lowest BCUT2D eigenvalue weighted by Gasteiger charge is -2.42. The second-order valence-corrected chi connectivity index (χ2v) is 11.3. The van der Waals surface area contributed by atoms with Crippen LogP contribution in [0.15, 0.2) is 78.9 Å². The lowest BCUT2D eigenvalue weighted by molar-refractivity contribution is -0.167. The number of nitrogens with one attached hydrogen (secondary N) is 1. The molecule has 2 N–H and O–H groups in total. The van der Waals surface area contributed by atoms with E-state index in [0.717, 1.165) is 27.8 Å². The second kappa shape index (κ2) is 11.6. The maximum Gasteiger partial charge on any atom is 0.408 e. The molecule has 42 heavy (non-hydrogen) atoms. The third-order valence-corrected chi connectivity index (χ3v) is 8.70. The summed E-state index contributed by atoms with van der Waals surface area (Å²) < 4.78 is 11.4. The zero-order valence-corrected chi connectivity index (χ0v) is 23.6. The van der Waals surface area contributed by atoms with E-state index in [-0.39, 0.29) is 32.2 Å². The SMILES string of the molecule is CC1OCCN(C(=O)C2(NC(=O)OCC3c4ccccc4-c4ccccc43)CCN(Cc3ccccc3)C2)C1C(=O)O. The molecule has 0 spiro atoms. The monoisotopic (exact) mass is 569 g/mol. The smallest absolute Gasteiger partial charge is 0.408 e. The first-order valence-electron chi connectivity index (χ1n) is 14.4. The molecule has 3 aromatic carbocycles. The number of likely N-dealkylation sites (tertiary alicyclic amines) is 1. The molecule has 6 rings (SSSR count). The normalized spacial score (nSPS) is 23.7. The summed E-state index contributed by atoms with van der Waals surface area (Å²) in [4.78, 5) is 43.3. The lowest BCUT2D eigenvalue weighted by Crippen LogP contribution is -2.67. The minimum atomic E-state index is -1.33. The molecule has 2 amide bonds. The van der Waals surface area contributed by atoms with Gasteiger partial charge in [-0.05, 0) is 41.2 Å². The Bertz CT molecular complexity index is 1430. The molecule has 3 aromatic rings.